The van der Waals surface area contributed by atoms with Crippen LogP contribution in [0.25, 0.3) is 0 Å². The smallest absolute Gasteiger partial charge is 0.253 e. The number of hydrogen-bond acceptors (Lipinski definition) is 4. The molecule has 0 spiro atoms. The van der Waals surface area contributed by atoms with Crippen molar-refractivity contribution in [2.75, 3.05) is 13.1 Å². The molecular weight excluding hydrogens is 316 g/mol. The monoisotopic (exact) mass is 342 g/mol. The standard InChI is InChI=1S/C19H26N4O2/c1-19(2,25)9-6-15-4-3-5-16(12-15)18(24)22-10-7-17(8-11-22)23-13-20-21-14-23/h3-5,12-14,17,25H,6-11H2,1-2H3. The molecule has 0 radical (unpaired) electrons. The summed E-state index contributed by atoms with van der Waals surface area (Å²) in [7, 11) is 0. The fourth-order valence-electron chi connectivity index (χ4n) is 3.26. The SMILES string of the molecule is CC(C)(O)CCc1cccc(C(=O)N2CCC(n3cnnc3)CC2)c1. The van der Waals surface area contributed by atoms with E-state index in [-0.39, 0.29) is 5.91 Å². The van der Waals surface area contributed by atoms with Crippen molar-refractivity contribution in [3.63, 3.8) is 0 Å². The first-order valence-corrected chi connectivity index (χ1v) is 8.87. The average Bonchev–Trinajstić information content (AvgIpc) is 3.14. The Morgan fingerprint density at radius 1 is 1.24 bits per heavy atom. The highest BCUT2D eigenvalue weighted by atomic mass is 16.3. The molecule has 1 aliphatic rings. The van der Waals surface area contributed by atoms with Gasteiger partial charge in [0.25, 0.3) is 5.91 Å². The van der Waals surface area contributed by atoms with E-state index >= 15 is 0 Å². The molecule has 1 aromatic carbocycles. The number of hydrogen-bond donors (Lipinski definition) is 1. The summed E-state index contributed by atoms with van der Waals surface area (Å²) < 4.78 is 2.03. The zero-order chi connectivity index (χ0) is 17.9. The first kappa shape index (κ1) is 17.6. The van der Waals surface area contributed by atoms with Crippen LogP contribution in [0.2, 0.25) is 0 Å². The van der Waals surface area contributed by atoms with Gasteiger partial charge >= 0.3 is 0 Å². The molecule has 0 atom stereocenters. The molecule has 0 saturated carbocycles. The van der Waals surface area contributed by atoms with Gasteiger partial charge in [-0.25, -0.2) is 0 Å². The van der Waals surface area contributed by atoms with E-state index in [9.17, 15) is 9.90 Å². The molecule has 1 saturated heterocycles. The number of aliphatic hydroxyl groups is 1. The fourth-order valence-corrected chi connectivity index (χ4v) is 3.26. The van der Waals surface area contributed by atoms with E-state index < -0.39 is 5.60 Å². The van der Waals surface area contributed by atoms with Crippen molar-refractivity contribution in [3.05, 3.63) is 48.0 Å². The van der Waals surface area contributed by atoms with Crippen molar-refractivity contribution in [2.24, 2.45) is 0 Å². The van der Waals surface area contributed by atoms with Crippen LogP contribution in [0, 0.1) is 0 Å². The Labute approximate surface area is 148 Å². The molecule has 6 nitrogen and oxygen atoms in total. The Hall–Kier alpha value is -2.21. The lowest BCUT2D eigenvalue weighted by Crippen LogP contribution is -2.39. The van der Waals surface area contributed by atoms with Crippen LogP contribution < -0.4 is 0 Å². The van der Waals surface area contributed by atoms with Crippen molar-refractivity contribution in [1.82, 2.24) is 19.7 Å². The predicted octanol–water partition coefficient (Wildman–Crippen LogP) is 2.46. The quantitative estimate of drug-likeness (QED) is 0.906. The summed E-state index contributed by atoms with van der Waals surface area (Å²) in [5, 5.41) is 17.6. The van der Waals surface area contributed by atoms with Gasteiger partial charge in [-0.15, -0.1) is 10.2 Å². The lowest BCUT2D eigenvalue weighted by Gasteiger charge is -2.32. The Morgan fingerprint density at radius 3 is 2.56 bits per heavy atom. The highest BCUT2D eigenvalue weighted by Crippen LogP contribution is 2.23. The maximum Gasteiger partial charge on any atom is 0.253 e. The number of aryl methyl sites for hydroxylation is 1. The largest absolute Gasteiger partial charge is 0.390 e. The van der Waals surface area contributed by atoms with Gasteiger partial charge in [-0.05, 0) is 57.2 Å². The molecular formula is C19H26N4O2. The summed E-state index contributed by atoms with van der Waals surface area (Å²) in [6, 6.07) is 8.15. The van der Waals surface area contributed by atoms with E-state index in [2.05, 4.69) is 10.2 Å². The summed E-state index contributed by atoms with van der Waals surface area (Å²) in [4.78, 5) is 14.7. The minimum absolute atomic E-state index is 0.0901. The van der Waals surface area contributed by atoms with Crippen LogP contribution in [0.4, 0.5) is 0 Å². The highest BCUT2D eigenvalue weighted by Gasteiger charge is 2.24. The van der Waals surface area contributed by atoms with Gasteiger partial charge in [-0.3, -0.25) is 4.79 Å². The summed E-state index contributed by atoms with van der Waals surface area (Å²) in [5.41, 5.74) is 1.13. The third-order valence-corrected chi connectivity index (χ3v) is 4.81. The Morgan fingerprint density at radius 2 is 1.92 bits per heavy atom. The molecule has 1 fully saturated rings. The highest BCUT2D eigenvalue weighted by molar-refractivity contribution is 5.94. The third kappa shape index (κ3) is 4.66. The Kier molecular flexibility index (Phi) is 5.18. The van der Waals surface area contributed by atoms with E-state index in [4.69, 9.17) is 0 Å². The van der Waals surface area contributed by atoms with Crippen LogP contribution >= 0.6 is 0 Å². The Bertz CT molecular complexity index is 698. The first-order valence-electron chi connectivity index (χ1n) is 8.87. The summed E-state index contributed by atoms with van der Waals surface area (Å²) >= 11 is 0. The normalized spacial score (nSPS) is 16.2. The molecule has 1 N–H and O–H groups in total. The van der Waals surface area contributed by atoms with Crippen LogP contribution in [0.1, 0.15) is 55.1 Å². The lowest BCUT2D eigenvalue weighted by atomic mass is 9.97. The van der Waals surface area contributed by atoms with E-state index in [0.717, 1.165) is 43.5 Å². The second-order valence-corrected chi connectivity index (χ2v) is 7.45. The van der Waals surface area contributed by atoms with Gasteiger partial charge in [0.05, 0.1) is 5.60 Å². The summed E-state index contributed by atoms with van der Waals surface area (Å²) in [6.45, 7) is 5.11. The van der Waals surface area contributed by atoms with Gasteiger partial charge in [-0.1, -0.05) is 12.1 Å². The molecule has 2 heterocycles. The molecule has 1 aliphatic heterocycles. The van der Waals surface area contributed by atoms with E-state index in [1.807, 2.05) is 47.6 Å². The molecule has 0 bridgehead atoms. The predicted molar refractivity (Wildman–Crippen MR) is 95.3 cm³/mol. The topological polar surface area (TPSA) is 71.2 Å². The Balaban J connectivity index is 1.60. The number of aromatic nitrogens is 3. The number of benzene rings is 1. The number of carbonyl (C=O) groups excluding carboxylic acids is 1. The number of amides is 1. The van der Waals surface area contributed by atoms with E-state index in [1.165, 1.54) is 0 Å². The fraction of sp³-hybridized carbons (Fsp3) is 0.526. The molecule has 1 amide bonds. The van der Waals surface area contributed by atoms with Crippen molar-refractivity contribution in [3.8, 4) is 0 Å². The van der Waals surface area contributed by atoms with Gasteiger partial charge in [0.2, 0.25) is 0 Å². The zero-order valence-electron chi connectivity index (χ0n) is 14.9. The number of rotatable bonds is 5. The van der Waals surface area contributed by atoms with Crippen LogP contribution in [-0.4, -0.2) is 49.4 Å². The summed E-state index contributed by atoms with van der Waals surface area (Å²) in [5.74, 6) is 0.0901. The molecule has 2 aromatic rings. The van der Waals surface area contributed by atoms with Crippen molar-refractivity contribution in [1.29, 1.82) is 0 Å². The molecule has 134 valence electrons. The van der Waals surface area contributed by atoms with Crippen LogP contribution in [-0.2, 0) is 6.42 Å². The minimum Gasteiger partial charge on any atom is -0.390 e. The van der Waals surface area contributed by atoms with Crippen molar-refractivity contribution < 1.29 is 9.90 Å². The van der Waals surface area contributed by atoms with Gasteiger partial charge in [-0.2, -0.15) is 0 Å². The van der Waals surface area contributed by atoms with E-state index in [1.54, 1.807) is 12.7 Å². The third-order valence-electron chi connectivity index (χ3n) is 4.81. The molecule has 0 aliphatic carbocycles. The average molecular weight is 342 g/mol. The van der Waals surface area contributed by atoms with Crippen molar-refractivity contribution in [2.45, 2.75) is 51.2 Å². The first-order chi connectivity index (χ1) is 11.9. The van der Waals surface area contributed by atoms with Crippen LogP contribution in [0.5, 0.6) is 0 Å². The van der Waals surface area contributed by atoms with E-state index in [0.29, 0.717) is 12.5 Å². The zero-order valence-corrected chi connectivity index (χ0v) is 14.9. The lowest BCUT2D eigenvalue weighted by molar-refractivity contribution is 0.0694. The molecule has 0 unspecified atom stereocenters. The number of piperidine rings is 1. The van der Waals surface area contributed by atoms with Gasteiger partial charge < -0.3 is 14.6 Å². The minimum atomic E-state index is -0.690. The number of likely N-dealkylation sites (tertiary alicyclic amines) is 1. The van der Waals surface area contributed by atoms with Gasteiger partial charge in [0.15, 0.2) is 0 Å². The molecule has 1 aromatic heterocycles. The maximum atomic E-state index is 12.8. The molecule has 3 rings (SSSR count). The van der Waals surface area contributed by atoms with Crippen LogP contribution in [0.3, 0.4) is 0 Å². The molecule has 25 heavy (non-hydrogen) atoms. The summed E-state index contributed by atoms with van der Waals surface area (Å²) in [6.07, 6.45) is 6.77. The maximum absolute atomic E-state index is 12.8. The molecule has 6 heteroatoms. The number of carbonyl (C=O) groups is 1. The number of nitrogens with zero attached hydrogens (tertiary/aromatic N) is 4. The van der Waals surface area contributed by atoms with Crippen molar-refractivity contribution >= 4 is 5.91 Å². The van der Waals surface area contributed by atoms with Gasteiger partial charge in [0, 0.05) is 24.7 Å². The van der Waals surface area contributed by atoms with Crippen LogP contribution in [0.15, 0.2) is 36.9 Å². The second-order valence-electron chi connectivity index (χ2n) is 7.45. The second kappa shape index (κ2) is 7.35. The van der Waals surface area contributed by atoms with Gasteiger partial charge in [0.1, 0.15) is 12.7 Å².